The topological polar surface area (TPSA) is 3.24 Å². The van der Waals surface area contributed by atoms with Crippen LogP contribution in [0, 0.1) is 0 Å². The molecule has 0 fully saturated rings. The smallest absolute Gasteiger partial charge is 0.0695 e. The molecule has 0 saturated carbocycles. The Morgan fingerprint density at radius 3 is 1.50 bits per heavy atom. The first-order chi connectivity index (χ1) is 1.73. The van der Waals surface area contributed by atoms with Gasteiger partial charge in [0.1, 0.15) is 0 Å². The summed E-state index contributed by atoms with van der Waals surface area (Å²) in [5, 5.41) is 0. The first kappa shape index (κ1) is 4.39. The van der Waals surface area contributed by atoms with Crippen LogP contribution in [0.1, 0.15) is 0 Å². The molecule has 0 aliphatic carbocycles. The monoisotopic (exact) mass is 91.0 g/mol. The zero-order valence-electron chi connectivity index (χ0n) is 3.45. The predicted octanol–water partition coefficient (Wildman–Crippen LogP) is -2.52. The number of hydrogen-bond acceptors (Lipinski definition) is 1. The van der Waals surface area contributed by atoms with Gasteiger partial charge < -0.3 is 4.23 Å². The molecular formula is CH9NSi2. The molecule has 4 heavy (non-hydrogen) atoms. The number of nitrogens with zero attached hydrogens (tertiary/aromatic N) is 1. The molecule has 0 rings (SSSR count). The van der Waals surface area contributed by atoms with Crippen molar-refractivity contribution in [3.63, 3.8) is 0 Å². The second-order valence-electron chi connectivity index (χ2n) is 1.34. The van der Waals surface area contributed by atoms with Crippen molar-refractivity contribution in [2.45, 2.75) is 0 Å². The first-order valence-electron chi connectivity index (χ1n) is 1.34. The Labute approximate surface area is 33.0 Å². The van der Waals surface area contributed by atoms with Crippen LogP contribution in [0.5, 0.6) is 0 Å². The zero-order valence-corrected chi connectivity index (χ0v) is 7.45. The van der Waals surface area contributed by atoms with Crippen molar-refractivity contribution in [2.24, 2.45) is 0 Å². The van der Waals surface area contributed by atoms with Crippen LogP contribution in [-0.2, 0) is 0 Å². The molecule has 0 unspecified atom stereocenters. The maximum atomic E-state index is 2.28. The molecule has 0 amide bonds. The summed E-state index contributed by atoms with van der Waals surface area (Å²) in [4.78, 5) is 0. The van der Waals surface area contributed by atoms with E-state index in [0.29, 0.717) is 0 Å². The molecule has 3 heteroatoms. The normalized spacial score (nSPS) is 10.5. The van der Waals surface area contributed by atoms with Gasteiger partial charge in [-0.2, -0.15) is 0 Å². The van der Waals surface area contributed by atoms with Crippen LogP contribution in [0.3, 0.4) is 0 Å². The lowest BCUT2D eigenvalue weighted by Crippen LogP contribution is -2.05. The maximum absolute atomic E-state index is 2.28. The highest BCUT2D eigenvalue weighted by Crippen LogP contribution is 1.41. The second kappa shape index (κ2) is 1.69. The minimum atomic E-state index is 1.24. The Bertz CT molecular complexity index is 10.8. The standard InChI is InChI=1S/CH9NSi2/c1-2(3)4/h1,3-4H3. The van der Waals surface area contributed by atoms with E-state index in [1.165, 1.54) is 20.8 Å². The summed E-state index contributed by atoms with van der Waals surface area (Å²) < 4.78 is 2.28. The second-order valence-corrected chi connectivity index (χ2v) is 6.71. The lowest BCUT2D eigenvalue weighted by molar-refractivity contribution is 0.891. The van der Waals surface area contributed by atoms with Gasteiger partial charge in [-0.1, -0.05) is 0 Å². The third kappa shape index (κ3) is 30.0. The van der Waals surface area contributed by atoms with E-state index in [1.54, 1.807) is 0 Å². The van der Waals surface area contributed by atoms with Gasteiger partial charge in [-0.05, 0) is 7.05 Å². The molecule has 0 heterocycles. The fourth-order valence-electron chi connectivity index (χ4n) is 0. The van der Waals surface area contributed by atoms with E-state index in [4.69, 9.17) is 0 Å². The van der Waals surface area contributed by atoms with E-state index in [-0.39, 0.29) is 0 Å². The van der Waals surface area contributed by atoms with Crippen LogP contribution in [0.15, 0.2) is 0 Å². The van der Waals surface area contributed by atoms with Gasteiger partial charge in [-0.3, -0.25) is 0 Å². The highest BCUT2D eigenvalue weighted by atomic mass is 28.2. The molecule has 0 aliphatic rings. The van der Waals surface area contributed by atoms with Crippen molar-refractivity contribution in [3.05, 3.63) is 0 Å². The van der Waals surface area contributed by atoms with Crippen molar-refractivity contribution in [1.82, 2.24) is 4.23 Å². The van der Waals surface area contributed by atoms with Crippen LogP contribution in [0.4, 0.5) is 0 Å². The van der Waals surface area contributed by atoms with Crippen molar-refractivity contribution in [2.75, 3.05) is 7.05 Å². The van der Waals surface area contributed by atoms with E-state index in [9.17, 15) is 0 Å². The molecular weight excluding hydrogens is 82.2 g/mol. The highest BCUT2D eigenvalue weighted by Gasteiger charge is 1.58. The SMILES string of the molecule is CN([SiH3])[SiH3]. The molecule has 0 spiro atoms. The van der Waals surface area contributed by atoms with Gasteiger partial charge in [0.2, 0.25) is 0 Å². The molecule has 0 saturated heterocycles. The fourth-order valence-corrected chi connectivity index (χ4v) is 0. The Morgan fingerprint density at radius 2 is 1.50 bits per heavy atom. The summed E-state index contributed by atoms with van der Waals surface area (Å²) in [5.74, 6) is 0. The Morgan fingerprint density at radius 1 is 1.50 bits per heavy atom. The minimum absolute atomic E-state index is 1.24. The third-order valence-electron chi connectivity index (χ3n) is 0. The van der Waals surface area contributed by atoms with E-state index < -0.39 is 0 Å². The zero-order chi connectivity index (χ0) is 3.58. The Balaban J connectivity index is 2.32. The van der Waals surface area contributed by atoms with Gasteiger partial charge in [0.15, 0.2) is 0 Å². The van der Waals surface area contributed by atoms with Crippen molar-refractivity contribution < 1.29 is 0 Å². The Kier molecular flexibility index (Phi) is 1.85. The van der Waals surface area contributed by atoms with Crippen molar-refractivity contribution in [1.29, 1.82) is 0 Å². The van der Waals surface area contributed by atoms with Gasteiger partial charge in [0.05, 0.1) is 20.8 Å². The average molecular weight is 91.3 g/mol. The van der Waals surface area contributed by atoms with Crippen LogP contribution >= 0.6 is 0 Å². The average Bonchev–Trinajstić information content (AvgIpc) is 0.811. The maximum Gasteiger partial charge on any atom is 0.0695 e. The van der Waals surface area contributed by atoms with E-state index in [2.05, 4.69) is 11.3 Å². The van der Waals surface area contributed by atoms with Crippen LogP contribution < -0.4 is 0 Å². The third-order valence-corrected chi connectivity index (χ3v) is 0. The quantitative estimate of drug-likeness (QED) is 0.297. The van der Waals surface area contributed by atoms with Gasteiger partial charge in [0, 0.05) is 0 Å². The summed E-state index contributed by atoms with van der Waals surface area (Å²) in [6.45, 7) is 0. The largest absolute Gasteiger partial charge is 0.363 e. The fraction of sp³-hybridized carbons (Fsp3) is 1.00. The van der Waals surface area contributed by atoms with Gasteiger partial charge in [-0.25, -0.2) is 0 Å². The molecule has 0 aromatic heterocycles. The Hall–Kier alpha value is 0.394. The lowest BCUT2D eigenvalue weighted by Gasteiger charge is -1.91. The molecule has 0 radical (unpaired) electrons. The van der Waals surface area contributed by atoms with Gasteiger partial charge >= 0.3 is 0 Å². The van der Waals surface area contributed by atoms with E-state index in [1.807, 2.05) is 0 Å². The van der Waals surface area contributed by atoms with Crippen LogP contribution in [0.25, 0.3) is 0 Å². The lowest BCUT2D eigenvalue weighted by atomic mass is 11.6. The van der Waals surface area contributed by atoms with Gasteiger partial charge in [0.25, 0.3) is 0 Å². The minimum Gasteiger partial charge on any atom is -0.363 e. The summed E-state index contributed by atoms with van der Waals surface area (Å²) >= 11 is 0. The number of hydrogen-bond donors (Lipinski definition) is 0. The molecule has 0 atom stereocenters. The molecule has 0 aromatic carbocycles. The van der Waals surface area contributed by atoms with E-state index in [0.717, 1.165) is 0 Å². The van der Waals surface area contributed by atoms with Gasteiger partial charge in [-0.15, -0.1) is 0 Å². The molecule has 0 aromatic rings. The summed E-state index contributed by atoms with van der Waals surface area (Å²) in [6.07, 6.45) is 0. The summed E-state index contributed by atoms with van der Waals surface area (Å²) in [7, 11) is 4.61. The van der Waals surface area contributed by atoms with Crippen LogP contribution in [0.2, 0.25) is 0 Å². The van der Waals surface area contributed by atoms with E-state index >= 15 is 0 Å². The molecule has 1 nitrogen and oxygen atoms in total. The molecule has 0 aliphatic heterocycles. The van der Waals surface area contributed by atoms with Crippen LogP contribution in [-0.4, -0.2) is 32.1 Å². The predicted molar refractivity (Wildman–Crippen MR) is 27.6 cm³/mol. The highest BCUT2D eigenvalue weighted by molar-refractivity contribution is 6.24. The first-order valence-corrected chi connectivity index (χ1v) is 3.13. The molecule has 0 N–H and O–H groups in total. The van der Waals surface area contributed by atoms with Crippen molar-refractivity contribution in [3.8, 4) is 0 Å². The molecule has 26 valence electrons. The van der Waals surface area contributed by atoms with Crippen molar-refractivity contribution >= 4 is 20.8 Å². The number of rotatable bonds is 0. The summed E-state index contributed by atoms with van der Waals surface area (Å²) in [6, 6.07) is 0. The molecule has 0 bridgehead atoms. The summed E-state index contributed by atoms with van der Waals surface area (Å²) in [5.41, 5.74) is 0.